The Morgan fingerprint density at radius 2 is 0.951 bits per heavy atom. The number of phosphoric acid groups is 1. The Balaban J connectivity index is 4.30. The first-order valence-corrected chi connectivity index (χ1v) is 25.5. The molecule has 0 rings (SSSR count). The molecule has 61 heavy (non-hydrogen) atoms. The molecule has 0 radical (unpaired) electrons. The Morgan fingerprint density at radius 3 is 1.43 bits per heavy atom. The summed E-state index contributed by atoms with van der Waals surface area (Å²) in [6.07, 6.45) is 60.2. The first kappa shape index (κ1) is 58.4. The molecule has 0 aliphatic rings. The maximum Gasteiger partial charge on any atom is 0.472 e. The molecule has 8 nitrogen and oxygen atoms in total. The number of carbonyl (C=O) groups excluding carboxylic acids is 1. The Kier molecular flexibility index (Phi) is 42.2. The molecular weight excluding hydrogens is 782 g/mol. The minimum atomic E-state index is -4.30. The molecule has 0 spiro atoms. The average molecular weight is 873 g/mol. The number of allylic oxidation sites excluding steroid dienone is 16. The topological polar surface area (TPSA) is 91.3 Å². The smallest absolute Gasteiger partial charge is 0.457 e. The van der Waals surface area contributed by atoms with Gasteiger partial charge in [0.15, 0.2) is 0 Å². The minimum Gasteiger partial charge on any atom is -0.457 e. The van der Waals surface area contributed by atoms with E-state index in [9.17, 15) is 14.3 Å². The van der Waals surface area contributed by atoms with E-state index in [0.29, 0.717) is 24.1 Å². The van der Waals surface area contributed by atoms with E-state index in [1.807, 2.05) is 21.1 Å². The molecule has 2 atom stereocenters. The molecule has 1 N–H and O–H groups in total. The van der Waals surface area contributed by atoms with Crippen molar-refractivity contribution in [3.05, 3.63) is 97.2 Å². The highest BCUT2D eigenvalue weighted by Gasteiger charge is 2.26. The van der Waals surface area contributed by atoms with Gasteiger partial charge in [-0.2, -0.15) is 0 Å². The highest BCUT2D eigenvalue weighted by Crippen LogP contribution is 2.43. The van der Waals surface area contributed by atoms with E-state index in [1.165, 1.54) is 51.4 Å². The maximum atomic E-state index is 12.7. The van der Waals surface area contributed by atoms with Crippen molar-refractivity contribution < 1.29 is 37.3 Å². The fraction of sp³-hybridized carbons (Fsp3) is 0.673. The van der Waals surface area contributed by atoms with Gasteiger partial charge in [-0.3, -0.25) is 13.8 Å². The van der Waals surface area contributed by atoms with Gasteiger partial charge in [0, 0.05) is 13.0 Å². The van der Waals surface area contributed by atoms with Gasteiger partial charge >= 0.3 is 13.8 Å². The molecule has 0 heterocycles. The molecule has 9 heteroatoms. The molecule has 0 fully saturated rings. The average Bonchev–Trinajstić information content (AvgIpc) is 3.22. The van der Waals surface area contributed by atoms with Crippen LogP contribution < -0.4 is 0 Å². The van der Waals surface area contributed by atoms with Gasteiger partial charge in [0.05, 0.1) is 34.4 Å². The van der Waals surface area contributed by atoms with Gasteiger partial charge in [0.1, 0.15) is 19.3 Å². The molecule has 0 amide bonds. The van der Waals surface area contributed by atoms with Crippen molar-refractivity contribution in [2.24, 2.45) is 0 Å². The number of esters is 1. The highest BCUT2D eigenvalue weighted by atomic mass is 31.2. The monoisotopic (exact) mass is 873 g/mol. The van der Waals surface area contributed by atoms with Crippen molar-refractivity contribution in [3.8, 4) is 0 Å². The summed E-state index contributed by atoms with van der Waals surface area (Å²) in [5.74, 6) is -0.338. The Hall–Kier alpha value is -2.58. The van der Waals surface area contributed by atoms with Gasteiger partial charge in [-0.15, -0.1) is 0 Å². The zero-order valence-electron chi connectivity index (χ0n) is 39.6. The molecule has 0 saturated heterocycles. The number of rotatable bonds is 43. The standard InChI is InChI=1S/C52H90NO7P/c1-6-8-10-12-14-16-18-20-22-24-25-26-27-28-30-32-34-36-38-40-42-44-47-57-49-51(50-59-61(55,56)58-48-46-53(3,4)5)60-52(54)45-43-41-39-37-35-33-31-29-23-21-19-17-15-13-11-9-7-2/h8,10,14-17,20-23,25-26,28,30,34,36,51H,6-7,9,11-13,18-19,24,27,29,31-33,35,37-50H2,1-5H3/p+1/b10-8-,16-14-,17-15-,22-20-,23-21-,26-25-,30-28-,36-34-. The summed E-state index contributed by atoms with van der Waals surface area (Å²) in [4.78, 5) is 23.0. The number of phosphoric ester groups is 1. The third-order valence-corrected chi connectivity index (χ3v) is 10.6. The number of unbranched alkanes of at least 4 members (excludes halogenated alkanes) is 13. The van der Waals surface area contributed by atoms with E-state index in [2.05, 4.69) is 111 Å². The second-order valence-electron chi connectivity index (χ2n) is 16.8. The van der Waals surface area contributed by atoms with Crippen LogP contribution in [-0.2, 0) is 27.9 Å². The number of hydrogen-bond donors (Lipinski definition) is 1. The third kappa shape index (κ3) is 48.3. The molecule has 350 valence electrons. The molecule has 0 aromatic carbocycles. The second-order valence-corrected chi connectivity index (χ2v) is 18.2. The van der Waals surface area contributed by atoms with Gasteiger partial charge < -0.3 is 18.9 Å². The van der Waals surface area contributed by atoms with Gasteiger partial charge in [-0.05, 0) is 96.3 Å². The predicted molar refractivity (Wildman–Crippen MR) is 261 cm³/mol. The van der Waals surface area contributed by atoms with E-state index in [4.69, 9.17) is 18.5 Å². The van der Waals surface area contributed by atoms with Crippen LogP contribution in [0.25, 0.3) is 0 Å². The summed E-state index contributed by atoms with van der Waals surface area (Å²) >= 11 is 0. The van der Waals surface area contributed by atoms with E-state index in [0.717, 1.165) is 96.3 Å². The number of nitrogens with zero attached hydrogens (tertiary/aromatic N) is 1. The molecule has 0 bridgehead atoms. The van der Waals surface area contributed by atoms with Crippen LogP contribution in [0.2, 0.25) is 0 Å². The molecule has 0 aliphatic heterocycles. The number of ether oxygens (including phenoxy) is 2. The van der Waals surface area contributed by atoms with E-state index < -0.39 is 13.9 Å². The number of carbonyl (C=O) groups is 1. The molecule has 0 saturated carbocycles. The normalized spacial score (nSPS) is 14.5. The SMILES string of the molecule is CC/C=C\C/C=C\C/C=C\C/C=C\C/C=C\C/C=C\CCCCCOCC(COP(=O)(O)OCC[N+](C)(C)C)OC(=O)CCCCCCCCC/C=C\C/C=C\CCCCC. The van der Waals surface area contributed by atoms with Crippen LogP contribution in [0.3, 0.4) is 0 Å². The summed E-state index contributed by atoms with van der Waals surface area (Å²) in [5, 5.41) is 0. The van der Waals surface area contributed by atoms with Crippen LogP contribution in [-0.4, -0.2) is 75.6 Å². The zero-order chi connectivity index (χ0) is 44.8. The Morgan fingerprint density at radius 1 is 0.525 bits per heavy atom. The summed E-state index contributed by atoms with van der Waals surface area (Å²) in [6.45, 7) is 5.36. The molecule has 0 aromatic heterocycles. The van der Waals surface area contributed by atoms with Crippen molar-refractivity contribution in [1.29, 1.82) is 0 Å². The maximum absolute atomic E-state index is 12.7. The van der Waals surface area contributed by atoms with Crippen molar-refractivity contribution in [1.82, 2.24) is 0 Å². The number of hydrogen-bond acceptors (Lipinski definition) is 6. The minimum absolute atomic E-state index is 0.0744. The zero-order valence-corrected chi connectivity index (χ0v) is 40.5. The van der Waals surface area contributed by atoms with E-state index in [1.54, 1.807) is 0 Å². The fourth-order valence-electron chi connectivity index (χ4n) is 5.94. The van der Waals surface area contributed by atoms with Crippen LogP contribution in [0.15, 0.2) is 97.2 Å². The van der Waals surface area contributed by atoms with Crippen LogP contribution in [0.4, 0.5) is 0 Å². The van der Waals surface area contributed by atoms with Gasteiger partial charge in [0.25, 0.3) is 0 Å². The van der Waals surface area contributed by atoms with Crippen LogP contribution >= 0.6 is 7.82 Å². The summed E-state index contributed by atoms with van der Waals surface area (Å²) in [6, 6.07) is 0. The number of quaternary nitrogens is 1. The predicted octanol–water partition coefficient (Wildman–Crippen LogP) is 14.6. The van der Waals surface area contributed by atoms with Gasteiger partial charge in [-0.1, -0.05) is 162 Å². The van der Waals surface area contributed by atoms with Crippen molar-refractivity contribution in [2.45, 2.75) is 174 Å². The molecular formula is C52H91NO7P+. The molecule has 0 aliphatic carbocycles. The van der Waals surface area contributed by atoms with Crippen molar-refractivity contribution in [2.75, 3.05) is 54.1 Å². The van der Waals surface area contributed by atoms with Crippen molar-refractivity contribution >= 4 is 13.8 Å². The van der Waals surface area contributed by atoms with Crippen LogP contribution in [0.1, 0.15) is 168 Å². The third-order valence-electron chi connectivity index (χ3n) is 9.63. The fourth-order valence-corrected chi connectivity index (χ4v) is 6.68. The lowest BCUT2D eigenvalue weighted by atomic mass is 10.1. The van der Waals surface area contributed by atoms with Crippen LogP contribution in [0.5, 0.6) is 0 Å². The number of likely N-dealkylation sites (N-methyl/N-ethyl adjacent to an activating group) is 1. The van der Waals surface area contributed by atoms with E-state index >= 15 is 0 Å². The largest absolute Gasteiger partial charge is 0.472 e. The summed E-state index contributed by atoms with van der Waals surface area (Å²) in [5.41, 5.74) is 0. The summed E-state index contributed by atoms with van der Waals surface area (Å²) in [7, 11) is 1.62. The van der Waals surface area contributed by atoms with Gasteiger partial charge in [0.2, 0.25) is 0 Å². The first-order chi connectivity index (χ1) is 29.6. The molecule has 2 unspecified atom stereocenters. The first-order valence-electron chi connectivity index (χ1n) is 24.0. The lowest BCUT2D eigenvalue weighted by Gasteiger charge is -2.24. The van der Waals surface area contributed by atoms with Crippen LogP contribution in [0, 0.1) is 0 Å². The van der Waals surface area contributed by atoms with E-state index in [-0.39, 0.29) is 25.8 Å². The van der Waals surface area contributed by atoms with Crippen molar-refractivity contribution in [3.63, 3.8) is 0 Å². The lowest BCUT2D eigenvalue weighted by molar-refractivity contribution is -0.870. The van der Waals surface area contributed by atoms with Gasteiger partial charge in [-0.25, -0.2) is 4.57 Å². The quantitative estimate of drug-likeness (QED) is 0.0214. The summed E-state index contributed by atoms with van der Waals surface area (Å²) < 4.78 is 35.0. The molecule has 0 aromatic rings. The lowest BCUT2D eigenvalue weighted by Crippen LogP contribution is -2.37. The highest BCUT2D eigenvalue weighted by molar-refractivity contribution is 7.47. The Bertz CT molecular complexity index is 1290. The second kappa shape index (κ2) is 44.0. The Labute approximate surface area is 375 Å².